The summed E-state index contributed by atoms with van der Waals surface area (Å²) in [4.78, 5) is 10.8. The Balaban J connectivity index is 4.24. The Bertz CT molecular complexity index is 275. The van der Waals surface area contributed by atoms with Crippen LogP contribution >= 0.6 is 0 Å². The summed E-state index contributed by atoms with van der Waals surface area (Å²) in [6.45, 7) is 0.730. The molecule has 0 aliphatic carbocycles. The third kappa shape index (κ3) is 4.54. The molecule has 0 fully saturated rings. The molecule has 0 saturated carbocycles. The molecule has 0 aliphatic rings. The number of sulfonamides is 1. The molecule has 2 N–H and O–H groups in total. The first-order chi connectivity index (χ1) is 6.44. The van der Waals surface area contributed by atoms with Crippen molar-refractivity contribution in [2.24, 2.45) is 5.73 Å². The van der Waals surface area contributed by atoms with Gasteiger partial charge in [-0.2, -0.15) is 0 Å². The van der Waals surface area contributed by atoms with Gasteiger partial charge >= 0.3 is 5.97 Å². The zero-order chi connectivity index (χ0) is 11.2. The Morgan fingerprint density at radius 2 is 2.07 bits per heavy atom. The van der Waals surface area contributed by atoms with E-state index < -0.39 is 21.7 Å². The Morgan fingerprint density at radius 1 is 1.50 bits per heavy atom. The molecule has 0 atom stereocenters. The van der Waals surface area contributed by atoms with Gasteiger partial charge in [-0.25, -0.2) is 12.7 Å². The Morgan fingerprint density at radius 3 is 2.50 bits per heavy atom. The number of nitrogens with zero attached hydrogens (tertiary/aromatic N) is 1. The molecule has 14 heavy (non-hydrogen) atoms. The molecule has 84 valence electrons. The number of hydrogen-bond donors (Lipinski definition) is 1. The van der Waals surface area contributed by atoms with Gasteiger partial charge in [0.1, 0.15) is 0 Å². The standard InChI is InChI=1S/C7H16N2O4S/c1-9(5-3-4-8)14(11,12)6-7(10)13-2/h3-6,8H2,1-2H3. The molecule has 0 radical (unpaired) electrons. The summed E-state index contributed by atoms with van der Waals surface area (Å²) in [5.74, 6) is -1.38. The molecule has 0 saturated heterocycles. The molecule has 6 nitrogen and oxygen atoms in total. The lowest BCUT2D eigenvalue weighted by Gasteiger charge is -2.15. The molecule has 0 bridgehead atoms. The summed E-state index contributed by atoms with van der Waals surface area (Å²) in [6, 6.07) is 0. The molecule has 0 aromatic heterocycles. The zero-order valence-corrected chi connectivity index (χ0v) is 9.21. The molecule has 0 unspecified atom stereocenters. The van der Waals surface area contributed by atoms with Crippen molar-refractivity contribution in [3.8, 4) is 0 Å². The summed E-state index contributed by atoms with van der Waals surface area (Å²) in [5, 5.41) is 0. The molecule has 0 aromatic carbocycles. The summed E-state index contributed by atoms with van der Waals surface area (Å²) in [5.41, 5.74) is 5.23. The Kier molecular flexibility index (Phi) is 5.66. The fourth-order valence-corrected chi connectivity index (χ4v) is 1.81. The fraction of sp³-hybridized carbons (Fsp3) is 0.857. The number of nitrogens with two attached hydrogens (primary N) is 1. The smallest absolute Gasteiger partial charge is 0.322 e. The Labute approximate surface area is 84.1 Å². The highest BCUT2D eigenvalue weighted by atomic mass is 32.2. The highest BCUT2D eigenvalue weighted by molar-refractivity contribution is 7.89. The van der Waals surface area contributed by atoms with Crippen LogP contribution in [0.3, 0.4) is 0 Å². The molecule has 0 aliphatic heterocycles. The van der Waals surface area contributed by atoms with Gasteiger partial charge in [-0.1, -0.05) is 0 Å². The number of methoxy groups -OCH3 is 1. The molecule has 0 amide bonds. The first-order valence-corrected chi connectivity index (χ1v) is 5.76. The van der Waals surface area contributed by atoms with Crippen molar-refractivity contribution in [1.82, 2.24) is 4.31 Å². The van der Waals surface area contributed by atoms with Crippen LogP contribution in [0, 0.1) is 0 Å². The minimum atomic E-state index is -3.54. The van der Waals surface area contributed by atoms with Crippen LogP contribution in [-0.2, 0) is 19.6 Å². The van der Waals surface area contributed by atoms with Crippen molar-refractivity contribution < 1.29 is 17.9 Å². The summed E-state index contributed by atoms with van der Waals surface area (Å²) in [7, 11) is -0.979. The van der Waals surface area contributed by atoms with E-state index in [2.05, 4.69) is 4.74 Å². The van der Waals surface area contributed by atoms with E-state index in [0.29, 0.717) is 19.5 Å². The topological polar surface area (TPSA) is 89.7 Å². The highest BCUT2D eigenvalue weighted by Crippen LogP contribution is 1.99. The van der Waals surface area contributed by atoms with E-state index in [-0.39, 0.29) is 0 Å². The highest BCUT2D eigenvalue weighted by Gasteiger charge is 2.21. The summed E-state index contributed by atoms with van der Waals surface area (Å²) >= 11 is 0. The third-order valence-corrected chi connectivity index (χ3v) is 3.41. The van der Waals surface area contributed by atoms with Crippen LogP contribution in [0.2, 0.25) is 0 Å². The number of carbonyl (C=O) groups excluding carboxylic acids is 1. The lowest BCUT2D eigenvalue weighted by Crippen LogP contribution is -2.34. The third-order valence-electron chi connectivity index (χ3n) is 1.68. The lowest BCUT2D eigenvalue weighted by atomic mass is 10.4. The molecular formula is C7H16N2O4S. The van der Waals surface area contributed by atoms with Crippen LogP contribution in [0.5, 0.6) is 0 Å². The largest absolute Gasteiger partial charge is 0.468 e. The van der Waals surface area contributed by atoms with E-state index in [9.17, 15) is 13.2 Å². The number of rotatable bonds is 6. The maximum Gasteiger partial charge on any atom is 0.322 e. The van der Waals surface area contributed by atoms with Crippen LogP contribution in [0.25, 0.3) is 0 Å². The number of ether oxygens (including phenoxy) is 1. The quantitative estimate of drug-likeness (QED) is 0.570. The lowest BCUT2D eigenvalue weighted by molar-refractivity contribution is -0.137. The fourth-order valence-electron chi connectivity index (χ4n) is 0.771. The van der Waals surface area contributed by atoms with Crippen LogP contribution in [-0.4, -0.2) is 51.7 Å². The molecular weight excluding hydrogens is 208 g/mol. The van der Waals surface area contributed by atoms with Gasteiger partial charge in [0, 0.05) is 13.6 Å². The predicted octanol–water partition coefficient (Wildman–Crippen LogP) is -1.23. The molecule has 0 aromatic rings. The van der Waals surface area contributed by atoms with Crippen molar-refractivity contribution in [1.29, 1.82) is 0 Å². The van der Waals surface area contributed by atoms with Crippen LogP contribution < -0.4 is 5.73 Å². The molecule has 0 rings (SSSR count). The van der Waals surface area contributed by atoms with Gasteiger partial charge < -0.3 is 10.5 Å². The van der Waals surface area contributed by atoms with Gasteiger partial charge in [-0.15, -0.1) is 0 Å². The normalized spacial score (nSPS) is 11.7. The minimum absolute atomic E-state index is 0.315. The van der Waals surface area contributed by atoms with Gasteiger partial charge in [0.2, 0.25) is 10.0 Å². The first kappa shape index (κ1) is 13.3. The van der Waals surface area contributed by atoms with Gasteiger partial charge in [0.25, 0.3) is 0 Å². The second-order valence-corrected chi connectivity index (χ2v) is 4.87. The van der Waals surface area contributed by atoms with Crippen molar-refractivity contribution in [3.63, 3.8) is 0 Å². The van der Waals surface area contributed by atoms with E-state index in [1.165, 1.54) is 7.05 Å². The molecule has 7 heteroatoms. The Hall–Kier alpha value is -0.660. The summed E-state index contributed by atoms with van der Waals surface area (Å²) in [6.07, 6.45) is 0.566. The second-order valence-electron chi connectivity index (χ2n) is 2.80. The zero-order valence-electron chi connectivity index (χ0n) is 8.39. The SMILES string of the molecule is COC(=O)CS(=O)(=O)N(C)CCCN. The van der Waals surface area contributed by atoms with E-state index in [1.54, 1.807) is 0 Å². The predicted molar refractivity (Wildman–Crippen MR) is 52.1 cm³/mol. The van der Waals surface area contributed by atoms with Crippen molar-refractivity contribution >= 4 is 16.0 Å². The van der Waals surface area contributed by atoms with Crippen molar-refractivity contribution in [3.05, 3.63) is 0 Å². The van der Waals surface area contributed by atoms with Crippen molar-refractivity contribution in [2.75, 3.05) is 33.0 Å². The average Bonchev–Trinajstić information content (AvgIpc) is 2.13. The van der Waals surface area contributed by atoms with Crippen LogP contribution in [0.1, 0.15) is 6.42 Å². The van der Waals surface area contributed by atoms with Gasteiger partial charge in [0.15, 0.2) is 5.75 Å². The number of esters is 1. The number of hydrogen-bond acceptors (Lipinski definition) is 5. The maximum atomic E-state index is 11.4. The summed E-state index contributed by atoms with van der Waals surface area (Å²) < 4.78 is 28.2. The number of carbonyl (C=O) groups is 1. The first-order valence-electron chi connectivity index (χ1n) is 4.15. The van der Waals surface area contributed by atoms with Crippen LogP contribution in [0.4, 0.5) is 0 Å². The maximum absolute atomic E-state index is 11.4. The van der Waals surface area contributed by atoms with E-state index in [1.807, 2.05) is 0 Å². The van der Waals surface area contributed by atoms with E-state index in [0.717, 1.165) is 11.4 Å². The van der Waals surface area contributed by atoms with Crippen LogP contribution in [0.15, 0.2) is 0 Å². The van der Waals surface area contributed by atoms with E-state index in [4.69, 9.17) is 5.73 Å². The van der Waals surface area contributed by atoms with Gasteiger partial charge in [0.05, 0.1) is 7.11 Å². The van der Waals surface area contributed by atoms with Gasteiger partial charge in [-0.3, -0.25) is 4.79 Å². The second kappa shape index (κ2) is 5.94. The van der Waals surface area contributed by atoms with E-state index >= 15 is 0 Å². The monoisotopic (exact) mass is 224 g/mol. The minimum Gasteiger partial charge on any atom is -0.468 e. The molecule has 0 heterocycles. The van der Waals surface area contributed by atoms with Gasteiger partial charge in [-0.05, 0) is 13.0 Å². The average molecular weight is 224 g/mol. The van der Waals surface area contributed by atoms with Crippen molar-refractivity contribution in [2.45, 2.75) is 6.42 Å². The molecule has 0 spiro atoms.